The van der Waals surface area contributed by atoms with Gasteiger partial charge in [-0.15, -0.1) is 0 Å². The zero-order valence-corrected chi connectivity index (χ0v) is 17.8. The van der Waals surface area contributed by atoms with Crippen molar-refractivity contribution in [3.63, 3.8) is 0 Å². The van der Waals surface area contributed by atoms with Gasteiger partial charge in [-0.2, -0.15) is 4.98 Å². The van der Waals surface area contributed by atoms with E-state index in [0.29, 0.717) is 18.3 Å². The van der Waals surface area contributed by atoms with Crippen LogP contribution in [0.3, 0.4) is 0 Å². The summed E-state index contributed by atoms with van der Waals surface area (Å²) in [5.74, 6) is 1.38. The van der Waals surface area contributed by atoms with E-state index in [1.54, 1.807) is 0 Å². The van der Waals surface area contributed by atoms with E-state index in [1.807, 2.05) is 43.3 Å². The highest BCUT2D eigenvalue weighted by Gasteiger charge is 2.26. The van der Waals surface area contributed by atoms with E-state index in [-0.39, 0.29) is 11.8 Å². The maximum Gasteiger partial charge on any atom is 0.241 e. The third kappa shape index (κ3) is 4.60. The number of nitrogens with one attached hydrogen (secondary N) is 1. The molecule has 1 fully saturated rings. The van der Waals surface area contributed by atoms with E-state index >= 15 is 0 Å². The topological polar surface area (TPSA) is 71.3 Å². The molecule has 1 N–H and O–H groups in total. The second-order valence-electron chi connectivity index (χ2n) is 8.16. The third-order valence-corrected chi connectivity index (χ3v) is 5.96. The first-order valence-electron chi connectivity index (χ1n) is 10.5. The number of hydrogen-bond donors (Lipinski definition) is 1. The molecular formula is C24H28N4O2. The van der Waals surface area contributed by atoms with Crippen molar-refractivity contribution in [1.29, 1.82) is 0 Å². The Morgan fingerprint density at radius 1 is 1.10 bits per heavy atom. The van der Waals surface area contributed by atoms with Crippen LogP contribution in [-0.4, -0.2) is 34.0 Å². The molecule has 0 radical (unpaired) electrons. The number of likely N-dealkylation sites (tertiary alicyclic amines) is 1. The number of aryl methyl sites for hydroxylation is 2. The number of hydrogen-bond acceptors (Lipinski definition) is 5. The van der Waals surface area contributed by atoms with Gasteiger partial charge in [0.1, 0.15) is 0 Å². The quantitative estimate of drug-likeness (QED) is 0.677. The van der Waals surface area contributed by atoms with Gasteiger partial charge in [-0.25, -0.2) is 0 Å². The minimum Gasteiger partial charge on any atom is -0.338 e. The number of carbonyl (C=O) groups is 1. The van der Waals surface area contributed by atoms with Crippen LogP contribution in [-0.2, 0) is 11.3 Å². The van der Waals surface area contributed by atoms with Gasteiger partial charge < -0.3 is 9.84 Å². The summed E-state index contributed by atoms with van der Waals surface area (Å²) in [4.78, 5) is 19.5. The predicted molar refractivity (Wildman–Crippen MR) is 117 cm³/mol. The summed E-state index contributed by atoms with van der Waals surface area (Å²) in [7, 11) is 0. The highest BCUT2D eigenvalue weighted by molar-refractivity contribution is 5.93. The van der Waals surface area contributed by atoms with Gasteiger partial charge in [0.25, 0.3) is 0 Å². The van der Waals surface area contributed by atoms with Crippen molar-refractivity contribution in [2.45, 2.75) is 40.2 Å². The third-order valence-electron chi connectivity index (χ3n) is 5.96. The van der Waals surface area contributed by atoms with Gasteiger partial charge in [0.15, 0.2) is 0 Å². The Morgan fingerprint density at radius 2 is 1.83 bits per heavy atom. The molecule has 0 aliphatic carbocycles. The smallest absolute Gasteiger partial charge is 0.241 e. The minimum absolute atomic E-state index is 0.0342. The summed E-state index contributed by atoms with van der Waals surface area (Å²) >= 11 is 0. The van der Waals surface area contributed by atoms with Gasteiger partial charge in [0, 0.05) is 17.2 Å². The first kappa shape index (κ1) is 20.3. The van der Waals surface area contributed by atoms with Gasteiger partial charge in [-0.3, -0.25) is 9.69 Å². The summed E-state index contributed by atoms with van der Waals surface area (Å²) < 4.78 is 5.45. The van der Waals surface area contributed by atoms with Gasteiger partial charge in [-0.1, -0.05) is 47.1 Å². The predicted octanol–water partition coefficient (Wildman–Crippen LogP) is 4.51. The summed E-state index contributed by atoms with van der Waals surface area (Å²) in [6, 6.07) is 14.1. The number of rotatable bonds is 5. The first-order valence-corrected chi connectivity index (χ1v) is 10.5. The minimum atomic E-state index is 0.0342. The summed E-state index contributed by atoms with van der Waals surface area (Å²) in [5.41, 5.74) is 5.39. The average molecular weight is 405 g/mol. The monoisotopic (exact) mass is 404 g/mol. The fourth-order valence-electron chi connectivity index (χ4n) is 3.80. The van der Waals surface area contributed by atoms with Crippen LogP contribution in [0.1, 0.15) is 35.4 Å². The molecule has 2 heterocycles. The van der Waals surface area contributed by atoms with Crippen molar-refractivity contribution in [3.05, 3.63) is 65.0 Å². The Labute approximate surface area is 177 Å². The molecule has 0 unspecified atom stereocenters. The molecule has 0 saturated carbocycles. The molecule has 1 saturated heterocycles. The van der Waals surface area contributed by atoms with E-state index in [2.05, 4.69) is 40.3 Å². The van der Waals surface area contributed by atoms with Crippen molar-refractivity contribution in [3.8, 4) is 11.4 Å². The number of nitrogens with zero attached hydrogens (tertiary/aromatic N) is 3. The van der Waals surface area contributed by atoms with Crippen LogP contribution in [0, 0.1) is 26.7 Å². The number of piperidine rings is 1. The van der Waals surface area contributed by atoms with E-state index in [1.165, 1.54) is 11.1 Å². The van der Waals surface area contributed by atoms with Crippen molar-refractivity contribution in [2.75, 3.05) is 18.4 Å². The standard InChI is InChI=1S/C24H28N4O2/c1-16-7-9-19(10-8-16)23-26-22(30-27-23)15-28-13-11-20(12-14-28)24(29)25-21-6-4-5-17(2)18(21)3/h4-10,20H,11-15H2,1-3H3,(H,25,29). The molecule has 1 aliphatic heterocycles. The molecule has 0 spiro atoms. The Hall–Kier alpha value is -2.99. The summed E-state index contributed by atoms with van der Waals surface area (Å²) in [5, 5.41) is 7.22. The Balaban J connectivity index is 1.30. The molecule has 1 aromatic heterocycles. The maximum absolute atomic E-state index is 12.7. The fourth-order valence-corrected chi connectivity index (χ4v) is 3.80. The molecule has 0 bridgehead atoms. The van der Waals surface area contributed by atoms with E-state index < -0.39 is 0 Å². The Kier molecular flexibility index (Phi) is 5.95. The van der Waals surface area contributed by atoms with Crippen molar-refractivity contribution >= 4 is 11.6 Å². The molecule has 1 amide bonds. The second kappa shape index (κ2) is 8.79. The molecule has 3 aromatic rings. The highest BCUT2D eigenvalue weighted by atomic mass is 16.5. The largest absolute Gasteiger partial charge is 0.338 e. The molecule has 4 rings (SSSR count). The van der Waals surface area contributed by atoms with Crippen molar-refractivity contribution in [2.24, 2.45) is 5.92 Å². The van der Waals surface area contributed by atoms with E-state index in [4.69, 9.17) is 4.52 Å². The van der Waals surface area contributed by atoms with Crippen LogP contribution in [0.15, 0.2) is 47.0 Å². The molecule has 156 valence electrons. The fraction of sp³-hybridized carbons (Fsp3) is 0.375. The first-order chi connectivity index (χ1) is 14.5. The van der Waals surface area contributed by atoms with Crippen LogP contribution >= 0.6 is 0 Å². The van der Waals surface area contributed by atoms with Gasteiger partial charge in [0.05, 0.1) is 6.54 Å². The lowest BCUT2D eigenvalue weighted by Gasteiger charge is -2.30. The van der Waals surface area contributed by atoms with Crippen LogP contribution in [0.25, 0.3) is 11.4 Å². The molecule has 6 nitrogen and oxygen atoms in total. The second-order valence-corrected chi connectivity index (χ2v) is 8.16. The summed E-state index contributed by atoms with van der Waals surface area (Å²) in [6.45, 7) is 8.45. The van der Waals surface area contributed by atoms with Gasteiger partial charge >= 0.3 is 0 Å². The zero-order valence-electron chi connectivity index (χ0n) is 17.8. The molecular weight excluding hydrogens is 376 g/mol. The summed E-state index contributed by atoms with van der Waals surface area (Å²) in [6.07, 6.45) is 1.66. The molecule has 30 heavy (non-hydrogen) atoms. The Bertz CT molecular complexity index is 1020. The van der Waals surface area contributed by atoms with Crippen molar-refractivity contribution in [1.82, 2.24) is 15.0 Å². The SMILES string of the molecule is Cc1ccc(-c2noc(CN3CCC(C(=O)Nc4cccc(C)c4C)CC3)n2)cc1. The number of anilines is 1. The highest BCUT2D eigenvalue weighted by Crippen LogP contribution is 2.24. The van der Waals surface area contributed by atoms with Gasteiger partial charge in [0.2, 0.25) is 17.6 Å². The van der Waals surface area contributed by atoms with Crippen LogP contribution in [0.2, 0.25) is 0 Å². The number of aromatic nitrogens is 2. The normalized spacial score (nSPS) is 15.3. The maximum atomic E-state index is 12.7. The molecule has 1 aliphatic rings. The lowest BCUT2D eigenvalue weighted by atomic mass is 9.95. The van der Waals surface area contributed by atoms with Crippen LogP contribution in [0.4, 0.5) is 5.69 Å². The van der Waals surface area contributed by atoms with Crippen LogP contribution < -0.4 is 5.32 Å². The zero-order chi connectivity index (χ0) is 21.1. The Morgan fingerprint density at radius 3 is 2.57 bits per heavy atom. The number of amides is 1. The van der Waals surface area contributed by atoms with E-state index in [0.717, 1.165) is 42.7 Å². The average Bonchev–Trinajstić information content (AvgIpc) is 3.21. The van der Waals surface area contributed by atoms with E-state index in [9.17, 15) is 4.79 Å². The molecule has 6 heteroatoms. The number of carbonyl (C=O) groups excluding carboxylic acids is 1. The molecule has 2 aromatic carbocycles. The van der Waals surface area contributed by atoms with Gasteiger partial charge in [-0.05, 0) is 63.9 Å². The lowest BCUT2D eigenvalue weighted by Crippen LogP contribution is -2.37. The van der Waals surface area contributed by atoms with Crippen molar-refractivity contribution < 1.29 is 9.32 Å². The van der Waals surface area contributed by atoms with Crippen LogP contribution in [0.5, 0.6) is 0 Å². The lowest BCUT2D eigenvalue weighted by molar-refractivity contribution is -0.121. The molecule has 0 atom stereocenters. The number of benzene rings is 2.